The molecule has 1 aromatic carbocycles. The number of fused-ring (bicyclic) bond motifs is 4. The van der Waals surface area contributed by atoms with E-state index in [2.05, 4.69) is 5.32 Å². The average molecular weight is 423 g/mol. The van der Waals surface area contributed by atoms with Gasteiger partial charge in [-0.3, -0.25) is 19.3 Å². The average Bonchev–Trinajstić information content (AvgIpc) is 3.25. The molecule has 150 valence electrons. The lowest BCUT2D eigenvalue weighted by molar-refractivity contribution is -0.733. The Bertz CT molecular complexity index is 863. The van der Waals surface area contributed by atoms with Gasteiger partial charge in [-0.15, -0.1) is 0 Å². The van der Waals surface area contributed by atoms with Gasteiger partial charge in [0.2, 0.25) is 17.4 Å². The molecule has 1 aromatic rings. The fraction of sp³-hybridized carbons (Fsp3) is 0.550. The van der Waals surface area contributed by atoms with Gasteiger partial charge in [-0.05, 0) is 43.6 Å². The van der Waals surface area contributed by atoms with Gasteiger partial charge in [-0.2, -0.15) is 11.8 Å². The first-order valence-corrected chi connectivity index (χ1v) is 11.5. The predicted octanol–water partition coefficient (Wildman–Crippen LogP) is 1.59. The summed E-state index contributed by atoms with van der Waals surface area (Å²) >= 11 is 7.95. The summed E-state index contributed by atoms with van der Waals surface area (Å²) in [6.45, 7) is 3.85. The van der Waals surface area contributed by atoms with E-state index in [1.165, 1.54) is 4.90 Å². The number of nitrogens with two attached hydrogens (primary N) is 1. The van der Waals surface area contributed by atoms with E-state index in [1.54, 1.807) is 30.0 Å². The van der Waals surface area contributed by atoms with E-state index in [0.717, 1.165) is 17.7 Å². The smallest absolute Gasteiger partial charge is 0.291 e. The summed E-state index contributed by atoms with van der Waals surface area (Å²) in [5.41, 5.74) is 0.277. The number of nitrogens with zero attached hydrogens (tertiary/aromatic N) is 1. The van der Waals surface area contributed by atoms with Gasteiger partial charge in [0.1, 0.15) is 17.9 Å². The normalized spacial score (nSPS) is 32.1. The number of halogens is 1. The minimum Gasteiger partial charge on any atom is -0.326 e. The molecule has 3 aliphatic heterocycles. The van der Waals surface area contributed by atoms with Crippen LogP contribution in [0.5, 0.6) is 0 Å². The second-order valence-corrected chi connectivity index (χ2v) is 9.35. The van der Waals surface area contributed by atoms with E-state index in [0.29, 0.717) is 17.1 Å². The quantitative estimate of drug-likeness (QED) is 0.706. The van der Waals surface area contributed by atoms with Crippen LogP contribution in [0.1, 0.15) is 32.3 Å². The van der Waals surface area contributed by atoms with Crippen LogP contribution in [-0.4, -0.2) is 46.7 Å². The Morgan fingerprint density at radius 1 is 1.32 bits per heavy atom. The van der Waals surface area contributed by atoms with E-state index in [1.807, 2.05) is 25.4 Å². The second kappa shape index (κ2) is 7.04. The topological polar surface area (TPSA) is 83.1 Å². The minimum absolute atomic E-state index is 0.112. The van der Waals surface area contributed by atoms with Gasteiger partial charge in [0.25, 0.3) is 5.91 Å². The SMILES string of the molecule is CC[C@@H](C)N1C(=O)[C@H]2[C@@H](C1=O)[C@@]1([NH2+][C@@H]2CCSC)C(=O)Nc2ccc(Cl)cc21. The van der Waals surface area contributed by atoms with Crippen molar-refractivity contribution in [1.29, 1.82) is 0 Å². The Morgan fingerprint density at radius 2 is 2.07 bits per heavy atom. The molecule has 0 bridgehead atoms. The number of carbonyl (C=O) groups is 3. The number of likely N-dealkylation sites (tertiary alicyclic amines) is 1. The highest BCUT2D eigenvalue weighted by Crippen LogP contribution is 2.50. The fourth-order valence-corrected chi connectivity index (χ4v) is 5.77. The third kappa shape index (κ3) is 2.56. The summed E-state index contributed by atoms with van der Waals surface area (Å²) in [7, 11) is 0. The van der Waals surface area contributed by atoms with Crippen LogP contribution in [0, 0.1) is 11.8 Å². The molecule has 0 saturated carbocycles. The van der Waals surface area contributed by atoms with E-state index >= 15 is 0 Å². The highest BCUT2D eigenvalue weighted by molar-refractivity contribution is 7.98. The number of hydrogen-bond acceptors (Lipinski definition) is 4. The van der Waals surface area contributed by atoms with Crippen LogP contribution in [0.4, 0.5) is 5.69 Å². The van der Waals surface area contributed by atoms with Crippen LogP contribution >= 0.6 is 23.4 Å². The first-order valence-electron chi connectivity index (χ1n) is 9.70. The van der Waals surface area contributed by atoms with Gasteiger partial charge < -0.3 is 10.6 Å². The largest absolute Gasteiger partial charge is 0.326 e. The van der Waals surface area contributed by atoms with E-state index < -0.39 is 17.4 Å². The summed E-state index contributed by atoms with van der Waals surface area (Å²) in [4.78, 5) is 41.5. The number of rotatable bonds is 5. The van der Waals surface area contributed by atoms with Crippen LogP contribution in [-0.2, 0) is 19.9 Å². The van der Waals surface area contributed by atoms with E-state index in [-0.39, 0.29) is 29.8 Å². The van der Waals surface area contributed by atoms with E-state index in [9.17, 15) is 14.4 Å². The summed E-state index contributed by atoms with van der Waals surface area (Å²) in [5.74, 6) is -0.888. The maximum Gasteiger partial charge on any atom is 0.291 e. The highest BCUT2D eigenvalue weighted by Gasteiger charge is 2.74. The van der Waals surface area contributed by atoms with Crippen LogP contribution in [0.25, 0.3) is 0 Å². The lowest BCUT2D eigenvalue weighted by atomic mass is 9.76. The number of carbonyl (C=O) groups excluding carboxylic acids is 3. The molecule has 4 rings (SSSR count). The predicted molar refractivity (Wildman–Crippen MR) is 109 cm³/mol. The maximum atomic E-state index is 13.5. The van der Waals surface area contributed by atoms with Gasteiger partial charge in [0, 0.05) is 23.0 Å². The molecule has 3 N–H and O–H groups in total. The zero-order valence-electron chi connectivity index (χ0n) is 16.2. The van der Waals surface area contributed by atoms with Crippen LogP contribution in [0.15, 0.2) is 18.2 Å². The second-order valence-electron chi connectivity index (χ2n) is 7.93. The molecule has 3 aliphatic rings. The molecule has 0 aliphatic carbocycles. The number of anilines is 1. The van der Waals surface area contributed by atoms with Crippen molar-refractivity contribution in [2.75, 3.05) is 17.3 Å². The fourth-order valence-electron chi connectivity index (χ4n) is 5.09. The molecule has 6 nitrogen and oxygen atoms in total. The van der Waals surface area contributed by atoms with Crippen LogP contribution < -0.4 is 10.6 Å². The Kier molecular flexibility index (Phi) is 4.96. The Labute approximate surface area is 173 Å². The molecule has 0 aromatic heterocycles. The molecular weight excluding hydrogens is 398 g/mol. The van der Waals surface area contributed by atoms with Gasteiger partial charge >= 0.3 is 0 Å². The number of quaternary nitrogens is 1. The van der Waals surface area contributed by atoms with Crippen LogP contribution in [0.2, 0.25) is 5.02 Å². The number of amides is 3. The van der Waals surface area contributed by atoms with Gasteiger partial charge in [-0.25, -0.2) is 0 Å². The highest BCUT2D eigenvalue weighted by atomic mass is 35.5. The molecule has 3 amide bonds. The number of benzene rings is 1. The molecular formula is C20H25ClN3O3S+. The number of thioether (sulfide) groups is 1. The zero-order chi connectivity index (χ0) is 20.2. The molecule has 8 heteroatoms. The van der Waals surface area contributed by atoms with Crippen molar-refractivity contribution >= 4 is 46.8 Å². The van der Waals surface area contributed by atoms with Crippen molar-refractivity contribution in [2.24, 2.45) is 11.8 Å². The summed E-state index contributed by atoms with van der Waals surface area (Å²) in [6.07, 6.45) is 3.48. The van der Waals surface area contributed by atoms with Crippen molar-refractivity contribution < 1.29 is 19.7 Å². The van der Waals surface area contributed by atoms with E-state index in [4.69, 9.17) is 11.6 Å². The molecule has 0 radical (unpaired) electrons. The standard InChI is InChI=1S/C20H24ClN3O3S/c1-4-10(2)24-17(25)15-14(7-8-28-3)23-20(16(15)18(24)26)12-9-11(21)5-6-13(12)22-19(20)27/h5-6,9-10,14-16,23H,4,7-8H2,1-3H3,(H,22,27)/p+1/t10-,14-,15-,16+,20-/m1/s1. The van der Waals surface area contributed by atoms with Crippen molar-refractivity contribution in [3.05, 3.63) is 28.8 Å². The third-order valence-electron chi connectivity index (χ3n) is 6.55. The van der Waals surface area contributed by atoms with Crippen LogP contribution in [0.3, 0.4) is 0 Å². The van der Waals surface area contributed by atoms with Crippen molar-refractivity contribution in [3.8, 4) is 0 Å². The molecule has 28 heavy (non-hydrogen) atoms. The zero-order valence-corrected chi connectivity index (χ0v) is 17.8. The Morgan fingerprint density at radius 3 is 2.75 bits per heavy atom. The number of imide groups is 1. The number of hydrogen-bond donors (Lipinski definition) is 2. The molecule has 3 heterocycles. The first-order chi connectivity index (χ1) is 13.4. The van der Waals surface area contributed by atoms with Crippen molar-refractivity contribution in [1.82, 2.24) is 4.90 Å². The van der Waals surface area contributed by atoms with Gasteiger partial charge in [0.15, 0.2) is 0 Å². The molecule has 2 fully saturated rings. The van der Waals surface area contributed by atoms with Gasteiger partial charge in [0.05, 0.1) is 5.69 Å². The molecule has 2 saturated heterocycles. The lowest BCUT2D eigenvalue weighted by Gasteiger charge is -2.28. The number of nitrogens with one attached hydrogen (secondary N) is 1. The molecule has 5 atom stereocenters. The monoisotopic (exact) mass is 422 g/mol. The molecule has 0 unspecified atom stereocenters. The minimum atomic E-state index is -1.12. The molecule has 1 spiro atoms. The Balaban J connectivity index is 1.86. The first kappa shape index (κ1) is 19.7. The summed E-state index contributed by atoms with van der Waals surface area (Å²) in [6, 6.07) is 4.98. The Hall–Kier alpha value is -1.57. The maximum absolute atomic E-state index is 13.5. The summed E-state index contributed by atoms with van der Waals surface area (Å²) in [5, 5.41) is 5.41. The van der Waals surface area contributed by atoms with Crippen molar-refractivity contribution in [3.63, 3.8) is 0 Å². The third-order valence-corrected chi connectivity index (χ3v) is 7.43. The van der Waals surface area contributed by atoms with Crippen molar-refractivity contribution in [2.45, 2.75) is 44.3 Å². The summed E-state index contributed by atoms with van der Waals surface area (Å²) < 4.78 is 0. The lowest BCUT2D eigenvalue weighted by Crippen LogP contribution is -2.99. The van der Waals surface area contributed by atoms with Gasteiger partial charge in [-0.1, -0.05) is 18.5 Å².